The minimum Gasteiger partial charge on any atom is -0.438 e. The van der Waals surface area contributed by atoms with Crippen LogP contribution in [0.5, 0.6) is 0 Å². The van der Waals surface area contributed by atoms with Crippen molar-refractivity contribution in [3.8, 4) is 0 Å². The Morgan fingerprint density at radius 3 is 2.50 bits per heavy atom. The Labute approximate surface area is 41.3 Å². The number of unbranched alkanes of at least 4 members (excludes halogenated alkanes) is 1. The summed E-state index contributed by atoms with van der Waals surface area (Å²) in [4.78, 5) is 8.34. The van der Waals surface area contributed by atoms with E-state index < -0.39 is 9.76 Å². The van der Waals surface area contributed by atoms with E-state index in [9.17, 15) is 0 Å². The maximum Gasteiger partial charge on any atom is 0.156 e. The predicted octanol–water partition coefficient (Wildman–Crippen LogP) is 0.281. The van der Waals surface area contributed by atoms with E-state index in [0.717, 1.165) is 6.04 Å². The van der Waals surface area contributed by atoms with Gasteiger partial charge in [0.1, 0.15) is 0 Å². The lowest BCUT2D eigenvalue weighted by atomic mass is 10.4. The molecule has 0 saturated heterocycles. The van der Waals surface area contributed by atoms with Crippen LogP contribution >= 0.6 is 0 Å². The van der Waals surface area contributed by atoms with E-state index in [0.29, 0.717) is 0 Å². The monoisotopic (exact) mass is 104 g/mol. The van der Waals surface area contributed by atoms with E-state index in [1.165, 1.54) is 12.8 Å². The third-order valence-corrected chi connectivity index (χ3v) is 1.58. The van der Waals surface area contributed by atoms with Crippen LogP contribution in [0.4, 0.5) is 0 Å². The van der Waals surface area contributed by atoms with Gasteiger partial charge < -0.3 is 4.80 Å². The van der Waals surface area contributed by atoms with Crippen LogP contribution < -0.4 is 0 Å². The van der Waals surface area contributed by atoms with E-state index in [4.69, 9.17) is 4.80 Å². The standard InChI is InChI=1S/C4H12OSi/c1-2-3-4-6-5/h5H,2-4,6H2,1H3. The second kappa shape index (κ2) is 5.18. The molecular formula is C4H12OSi. The highest BCUT2D eigenvalue weighted by Crippen LogP contribution is 1.89. The molecule has 0 aliphatic heterocycles. The molecule has 38 valence electrons. The highest BCUT2D eigenvalue weighted by atomic mass is 28.2. The summed E-state index contributed by atoms with van der Waals surface area (Å²) < 4.78 is 0. The molecule has 0 aromatic heterocycles. The van der Waals surface area contributed by atoms with Gasteiger partial charge in [-0.05, 0) is 6.04 Å². The molecule has 0 unspecified atom stereocenters. The first kappa shape index (κ1) is 6.18. The summed E-state index contributed by atoms with van der Waals surface area (Å²) in [5.74, 6) is 0. The molecule has 0 aromatic rings. The van der Waals surface area contributed by atoms with Crippen molar-refractivity contribution < 1.29 is 4.80 Å². The van der Waals surface area contributed by atoms with Crippen molar-refractivity contribution in [2.45, 2.75) is 25.8 Å². The fraction of sp³-hybridized carbons (Fsp3) is 1.00. The fourth-order valence-electron chi connectivity index (χ4n) is 0.362. The van der Waals surface area contributed by atoms with Crippen LogP contribution in [0.15, 0.2) is 0 Å². The summed E-state index contributed by atoms with van der Waals surface area (Å²) >= 11 is 0. The molecule has 0 radical (unpaired) electrons. The van der Waals surface area contributed by atoms with Crippen molar-refractivity contribution in [2.75, 3.05) is 0 Å². The molecule has 0 aliphatic rings. The van der Waals surface area contributed by atoms with Gasteiger partial charge in [0.2, 0.25) is 0 Å². The summed E-state index contributed by atoms with van der Waals surface area (Å²) in [6, 6.07) is 1.11. The Kier molecular flexibility index (Phi) is 5.33. The Bertz CT molecular complexity index is 19.5. The number of rotatable bonds is 3. The molecule has 0 fully saturated rings. The zero-order valence-electron chi connectivity index (χ0n) is 4.28. The lowest BCUT2D eigenvalue weighted by Gasteiger charge is -1.84. The number of hydrogen-bond donors (Lipinski definition) is 1. The summed E-state index contributed by atoms with van der Waals surface area (Å²) in [5.41, 5.74) is 0. The van der Waals surface area contributed by atoms with Gasteiger partial charge in [0.25, 0.3) is 0 Å². The van der Waals surface area contributed by atoms with Crippen LogP contribution in [-0.4, -0.2) is 14.6 Å². The highest BCUT2D eigenvalue weighted by molar-refractivity contribution is 6.25. The van der Waals surface area contributed by atoms with Gasteiger partial charge >= 0.3 is 0 Å². The van der Waals surface area contributed by atoms with Crippen molar-refractivity contribution in [2.24, 2.45) is 0 Å². The molecule has 6 heavy (non-hydrogen) atoms. The maximum atomic E-state index is 8.34. The third kappa shape index (κ3) is 4.18. The van der Waals surface area contributed by atoms with Crippen molar-refractivity contribution in [3.05, 3.63) is 0 Å². The van der Waals surface area contributed by atoms with Crippen LogP contribution in [0.2, 0.25) is 6.04 Å². The van der Waals surface area contributed by atoms with Crippen LogP contribution in [0.3, 0.4) is 0 Å². The molecule has 0 amide bonds. The quantitative estimate of drug-likeness (QED) is 0.403. The molecule has 0 atom stereocenters. The Hall–Kier alpha value is 0.177. The van der Waals surface area contributed by atoms with Crippen LogP contribution in [0.1, 0.15) is 19.8 Å². The molecule has 0 rings (SSSR count). The Balaban J connectivity index is 2.34. The Morgan fingerprint density at radius 1 is 1.67 bits per heavy atom. The maximum absolute atomic E-state index is 8.34. The smallest absolute Gasteiger partial charge is 0.156 e. The van der Waals surface area contributed by atoms with Gasteiger partial charge in [-0.2, -0.15) is 0 Å². The zero-order valence-corrected chi connectivity index (χ0v) is 5.69. The normalized spacial score (nSPS) is 11.0. The van der Waals surface area contributed by atoms with Crippen molar-refractivity contribution in [1.82, 2.24) is 0 Å². The van der Waals surface area contributed by atoms with Crippen molar-refractivity contribution >= 4 is 9.76 Å². The SMILES string of the molecule is CCCC[SiH2]O. The number of hydrogen-bond acceptors (Lipinski definition) is 1. The zero-order chi connectivity index (χ0) is 4.83. The van der Waals surface area contributed by atoms with E-state index in [-0.39, 0.29) is 0 Å². The molecule has 0 aromatic carbocycles. The second-order valence-corrected chi connectivity index (χ2v) is 2.59. The van der Waals surface area contributed by atoms with Gasteiger partial charge in [0.05, 0.1) is 0 Å². The first-order valence-electron chi connectivity index (χ1n) is 2.52. The van der Waals surface area contributed by atoms with Gasteiger partial charge in [-0.3, -0.25) is 0 Å². The molecule has 0 saturated carbocycles. The molecular weight excluding hydrogens is 92.1 g/mol. The topological polar surface area (TPSA) is 20.2 Å². The lowest BCUT2D eigenvalue weighted by Crippen LogP contribution is -1.82. The lowest BCUT2D eigenvalue weighted by molar-refractivity contribution is 0.595. The first-order valence-corrected chi connectivity index (χ1v) is 4.16. The van der Waals surface area contributed by atoms with Crippen LogP contribution in [0.25, 0.3) is 0 Å². The van der Waals surface area contributed by atoms with Gasteiger partial charge in [-0.1, -0.05) is 19.8 Å². The summed E-state index contributed by atoms with van der Waals surface area (Å²) in [6.07, 6.45) is 2.45. The molecule has 0 heterocycles. The van der Waals surface area contributed by atoms with E-state index >= 15 is 0 Å². The summed E-state index contributed by atoms with van der Waals surface area (Å²) in [5, 5.41) is 0. The minimum atomic E-state index is -0.597. The fourth-order valence-corrected chi connectivity index (χ4v) is 1.09. The summed E-state index contributed by atoms with van der Waals surface area (Å²) in [6.45, 7) is 2.14. The molecule has 0 spiro atoms. The summed E-state index contributed by atoms with van der Waals surface area (Å²) in [7, 11) is -0.597. The molecule has 0 aliphatic carbocycles. The van der Waals surface area contributed by atoms with E-state index in [1.54, 1.807) is 0 Å². The van der Waals surface area contributed by atoms with Crippen LogP contribution in [0, 0.1) is 0 Å². The molecule has 2 heteroatoms. The molecule has 1 N–H and O–H groups in total. The second-order valence-electron chi connectivity index (χ2n) is 1.43. The van der Waals surface area contributed by atoms with E-state index in [1.807, 2.05) is 0 Å². The molecule has 0 bridgehead atoms. The minimum absolute atomic E-state index is 0.597. The van der Waals surface area contributed by atoms with Gasteiger partial charge in [0.15, 0.2) is 9.76 Å². The first-order chi connectivity index (χ1) is 2.91. The third-order valence-electron chi connectivity index (χ3n) is 0.762. The predicted molar refractivity (Wildman–Crippen MR) is 30.5 cm³/mol. The van der Waals surface area contributed by atoms with Crippen molar-refractivity contribution in [3.63, 3.8) is 0 Å². The average molecular weight is 104 g/mol. The van der Waals surface area contributed by atoms with Crippen molar-refractivity contribution in [1.29, 1.82) is 0 Å². The average Bonchev–Trinajstić information content (AvgIpc) is 1.61. The molecule has 1 nitrogen and oxygen atoms in total. The van der Waals surface area contributed by atoms with E-state index in [2.05, 4.69) is 6.92 Å². The van der Waals surface area contributed by atoms with Gasteiger partial charge in [-0.25, -0.2) is 0 Å². The largest absolute Gasteiger partial charge is 0.438 e. The Morgan fingerprint density at radius 2 is 2.33 bits per heavy atom. The van der Waals surface area contributed by atoms with Gasteiger partial charge in [0, 0.05) is 0 Å². The highest BCUT2D eigenvalue weighted by Gasteiger charge is 1.78. The van der Waals surface area contributed by atoms with Crippen LogP contribution in [-0.2, 0) is 0 Å². The van der Waals surface area contributed by atoms with Gasteiger partial charge in [-0.15, -0.1) is 0 Å².